The van der Waals surface area contributed by atoms with Gasteiger partial charge in [-0.15, -0.1) is 0 Å². The molecule has 0 aliphatic carbocycles. The zero-order valence-corrected chi connectivity index (χ0v) is 19.5. The molecule has 8 heteroatoms. The van der Waals surface area contributed by atoms with Crippen LogP contribution in [0.5, 0.6) is 0 Å². The normalized spacial score (nSPS) is 13.0. The minimum absolute atomic E-state index is 0.0296. The van der Waals surface area contributed by atoms with Crippen molar-refractivity contribution < 1.29 is 4.79 Å². The highest BCUT2D eigenvalue weighted by atomic mass is 16.2. The Kier molecular flexibility index (Phi) is 6.23. The SMILES string of the molecule is CCN(CC)c1cc2c(c(CNC)n1)CN(c1cccc(-c3cnc(C)n3CC)n1)C2=O. The average molecular weight is 434 g/mol. The van der Waals surface area contributed by atoms with Crippen molar-refractivity contribution >= 4 is 17.5 Å². The molecule has 168 valence electrons. The maximum absolute atomic E-state index is 13.5. The molecule has 0 saturated carbocycles. The summed E-state index contributed by atoms with van der Waals surface area (Å²) < 4.78 is 2.12. The van der Waals surface area contributed by atoms with Crippen LogP contribution in [0.1, 0.15) is 48.2 Å². The van der Waals surface area contributed by atoms with Gasteiger partial charge in [0.15, 0.2) is 0 Å². The van der Waals surface area contributed by atoms with Crippen molar-refractivity contribution in [1.29, 1.82) is 0 Å². The Morgan fingerprint density at radius 3 is 2.62 bits per heavy atom. The zero-order chi connectivity index (χ0) is 22.8. The summed E-state index contributed by atoms with van der Waals surface area (Å²) in [6, 6.07) is 7.74. The highest BCUT2D eigenvalue weighted by Gasteiger charge is 2.33. The second kappa shape index (κ2) is 9.08. The van der Waals surface area contributed by atoms with E-state index in [-0.39, 0.29) is 5.91 Å². The van der Waals surface area contributed by atoms with E-state index in [1.54, 1.807) is 4.90 Å². The fourth-order valence-electron chi connectivity index (χ4n) is 4.35. The first-order valence-corrected chi connectivity index (χ1v) is 11.3. The van der Waals surface area contributed by atoms with Gasteiger partial charge in [0, 0.05) is 31.7 Å². The summed E-state index contributed by atoms with van der Waals surface area (Å²) >= 11 is 0. The van der Waals surface area contributed by atoms with E-state index < -0.39 is 0 Å². The van der Waals surface area contributed by atoms with E-state index in [1.165, 1.54) is 0 Å². The second-order valence-corrected chi connectivity index (χ2v) is 7.86. The fourth-order valence-corrected chi connectivity index (χ4v) is 4.35. The number of pyridine rings is 2. The lowest BCUT2D eigenvalue weighted by atomic mass is 10.1. The van der Waals surface area contributed by atoms with E-state index in [0.29, 0.717) is 24.5 Å². The summed E-state index contributed by atoms with van der Waals surface area (Å²) in [7, 11) is 1.90. The number of amides is 1. The lowest BCUT2D eigenvalue weighted by Crippen LogP contribution is -2.25. The van der Waals surface area contributed by atoms with Crippen LogP contribution in [0.2, 0.25) is 0 Å². The van der Waals surface area contributed by atoms with Crippen molar-refractivity contribution in [3.05, 3.63) is 53.1 Å². The number of aromatic nitrogens is 4. The first-order chi connectivity index (χ1) is 15.5. The highest BCUT2D eigenvalue weighted by Crippen LogP contribution is 2.32. The summed E-state index contributed by atoms with van der Waals surface area (Å²) in [5.41, 5.74) is 4.37. The lowest BCUT2D eigenvalue weighted by Gasteiger charge is -2.21. The van der Waals surface area contributed by atoms with Crippen LogP contribution < -0.4 is 15.1 Å². The first kappa shape index (κ1) is 22.0. The van der Waals surface area contributed by atoms with Gasteiger partial charge in [-0.05, 0) is 52.9 Å². The maximum Gasteiger partial charge on any atom is 0.260 e. The molecule has 0 fully saturated rings. The Morgan fingerprint density at radius 2 is 1.94 bits per heavy atom. The third-order valence-electron chi connectivity index (χ3n) is 6.06. The van der Waals surface area contributed by atoms with E-state index >= 15 is 0 Å². The molecule has 0 bridgehead atoms. The molecule has 0 radical (unpaired) electrons. The molecule has 32 heavy (non-hydrogen) atoms. The summed E-state index contributed by atoms with van der Waals surface area (Å²) in [6.45, 7) is 11.9. The molecule has 3 aromatic rings. The van der Waals surface area contributed by atoms with Crippen molar-refractivity contribution in [3.8, 4) is 11.4 Å². The molecule has 0 aromatic carbocycles. The van der Waals surface area contributed by atoms with Crippen LogP contribution in [0.4, 0.5) is 11.6 Å². The number of carbonyl (C=O) groups is 1. The summed E-state index contributed by atoms with van der Waals surface area (Å²) in [5.74, 6) is 2.41. The zero-order valence-electron chi connectivity index (χ0n) is 19.5. The first-order valence-electron chi connectivity index (χ1n) is 11.3. The smallest absolute Gasteiger partial charge is 0.260 e. The second-order valence-electron chi connectivity index (χ2n) is 7.86. The van der Waals surface area contributed by atoms with Crippen LogP contribution in [0.15, 0.2) is 30.5 Å². The summed E-state index contributed by atoms with van der Waals surface area (Å²) in [4.78, 5) is 31.6. The third-order valence-corrected chi connectivity index (χ3v) is 6.06. The van der Waals surface area contributed by atoms with Gasteiger partial charge in [0.25, 0.3) is 5.91 Å². The number of hydrogen-bond acceptors (Lipinski definition) is 6. The van der Waals surface area contributed by atoms with Gasteiger partial charge < -0.3 is 14.8 Å². The Morgan fingerprint density at radius 1 is 1.16 bits per heavy atom. The molecule has 0 saturated heterocycles. The molecular weight excluding hydrogens is 402 g/mol. The van der Waals surface area contributed by atoms with Gasteiger partial charge in [0.1, 0.15) is 17.5 Å². The number of nitrogens with one attached hydrogen (secondary N) is 1. The molecule has 8 nitrogen and oxygen atoms in total. The van der Waals surface area contributed by atoms with Crippen molar-refractivity contribution in [1.82, 2.24) is 24.8 Å². The molecule has 0 atom stereocenters. The molecule has 1 amide bonds. The Balaban J connectivity index is 1.73. The standard InChI is InChI=1S/C24H31N7O/c1-6-29(7-2)23-12-17-18(20(28-23)13-25-5)15-31(24(17)32)22-11-9-10-19(27-22)21-14-26-16(4)30(21)8-3/h9-12,14,25H,6-8,13,15H2,1-5H3. The number of anilines is 2. The van der Waals surface area contributed by atoms with E-state index in [9.17, 15) is 4.79 Å². The Labute approximate surface area is 189 Å². The van der Waals surface area contributed by atoms with Crippen molar-refractivity contribution in [2.45, 2.75) is 47.3 Å². The number of aryl methyl sites for hydroxylation is 1. The average Bonchev–Trinajstić information content (AvgIpc) is 3.35. The molecule has 0 unspecified atom stereocenters. The van der Waals surface area contributed by atoms with Crippen LogP contribution >= 0.6 is 0 Å². The largest absolute Gasteiger partial charge is 0.357 e. The number of nitrogens with zero attached hydrogens (tertiary/aromatic N) is 6. The van der Waals surface area contributed by atoms with Gasteiger partial charge in [0.2, 0.25) is 0 Å². The van der Waals surface area contributed by atoms with Gasteiger partial charge >= 0.3 is 0 Å². The third kappa shape index (κ3) is 3.75. The molecule has 3 aromatic heterocycles. The monoisotopic (exact) mass is 433 g/mol. The summed E-state index contributed by atoms with van der Waals surface area (Å²) in [5, 5.41) is 3.19. The molecule has 1 N–H and O–H groups in total. The highest BCUT2D eigenvalue weighted by molar-refractivity contribution is 6.10. The minimum atomic E-state index is -0.0296. The number of hydrogen-bond donors (Lipinski definition) is 1. The van der Waals surface area contributed by atoms with E-state index in [2.05, 4.69) is 40.5 Å². The van der Waals surface area contributed by atoms with Gasteiger partial charge in [0.05, 0.1) is 35.4 Å². The van der Waals surface area contributed by atoms with Gasteiger partial charge in [-0.2, -0.15) is 0 Å². The Bertz CT molecular complexity index is 1130. The molecule has 0 spiro atoms. The quantitative estimate of drug-likeness (QED) is 0.587. The van der Waals surface area contributed by atoms with E-state index in [4.69, 9.17) is 9.97 Å². The van der Waals surface area contributed by atoms with Crippen LogP contribution in [0.25, 0.3) is 11.4 Å². The minimum Gasteiger partial charge on any atom is -0.357 e. The number of carbonyl (C=O) groups excluding carboxylic acids is 1. The molecule has 1 aliphatic heterocycles. The number of fused-ring (bicyclic) bond motifs is 1. The van der Waals surface area contributed by atoms with Gasteiger partial charge in [-0.3, -0.25) is 9.69 Å². The van der Waals surface area contributed by atoms with Crippen LogP contribution in [-0.4, -0.2) is 45.6 Å². The Hall–Kier alpha value is -3.26. The molecule has 4 heterocycles. The topological polar surface area (TPSA) is 79.2 Å². The predicted octanol–water partition coefficient (Wildman–Crippen LogP) is 3.39. The number of rotatable bonds is 8. The maximum atomic E-state index is 13.5. The predicted molar refractivity (Wildman–Crippen MR) is 127 cm³/mol. The lowest BCUT2D eigenvalue weighted by molar-refractivity contribution is 0.0996. The van der Waals surface area contributed by atoms with Crippen LogP contribution in [0.3, 0.4) is 0 Å². The van der Waals surface area contributed by atoms with Crippen LogP contribution in [-0.2, 0) is 19.6 Å². The molecule has 4 rings (SSSR count). The van der Waals surface area contributed by atoms with Crippen LogP contribution in [0, 0.1) is 6.92 Å². The van der Waals surface area contributed by atoms with Crippen molar-refractivity contribution in [3.63, 3.8) is 0 Å². The summed E-state index contributed by atoms with van der Waals surface area (Å²) in [6.07, 6.45) is 1.84. The van der Waals surface area contributed by atoms with E-state index in [0.717, 1.165) is 53.9 Å². The molecule has 1 aliphatic rings. The molecular formula is C24H31N7O. The van der Waals surface area contributed by atoms with Crippen molar-refractivity contribution in [2.75, 3.05) is 29.9 Å². The number of imidazole rings is 1. The van der Waals surface area contributed by atoms with Crippen molar-refractivity contribution in [2.24, 2.45) is 0 Å². The van der Waals surface area contributed by atoms with E-state index in [1.807, 2.05) is 44.4 Å². The van der Waals surface area contributed by atoms with Gasteiger partial charge in [-0.1, -0.05) is 6.07 Å². The fraction of sp³-hybridized carbons (Fsp3) is 0.417. The van der Waals surface area contributed by atoms with Gasteiger partial charge in [-0.25, -0.2) is 15.0 Å².